The third-order valence-electron chi connectivity index (χ3n) is 8.77. The molecular weight excluding hydrogens is 556 g/mol. The number of hydrogen-bond acceptors (Lipinski definition) is 6. The van der Waals surface area contributed by atoms with Crippen LogP contribution in [-0.4, -0.2) is 75.4 Å². The minimum absolute atomic E-state index is 0.155. The first-order valence-electron chi connectivity index (χ1n) is 15.7. The summed E-state index contributed by atoms with van der Waals surface area (Å²) in [5.41, 5.74) is 1.85. The van der Waals surface area contributed by atoms with Gasteiger partial charge < -0.3 is 20.1 Å². The Balaban J connectivity index is 1.43. The number of ether oxygens (including phenoxy) is 1. The van der Waals surface area contributed by atoms with E-state index in [4.69, 9.17) is 9.73 Å². The van der Waals surface area contributed by atoms with Crippen molar-refractivity contribution >= 4 is 29.3 Å². The van der Waals surface area contributed by atoms with Crippen LogP contribution in [0.25, 0.3) is 5.70 Å². The lowest BCUT2D eigenvalue weighted by atomic mass is 9.95. The summed E-state index contributed by atoms with van der Waals surface area (Å²) in [6.07, 6.45) is 4.93. The molecule has 0 saturated heterocycles. The van der Waals surface area contributed by atoms with Crippen LogP contribution in [0, 0.1) is 11.8 Å². The highest BCUT2D eigenvalue weighted by atomic mass is 16.5. The van der Waals surface area contributed by atoms with E-state index >= 15 is 0 Å². The van der Waals surface area contributed by atoms with Gasteiger partial charge in [0.1, 0.15) is 25.3 Å². The molecule has 1 spiro atoms. The second-order valence-corrected chi connectivity index (χ2v) is 12.9. The molecule has 2 N–H and O–H groups in total. The summed E-state index contributed by atoms with van der Waals surface area (Å²) in [4.78, 5) is 49.0. The van der Waals surface area contributed by atoms with E-state index in [2.05, 4.69) is 5.32 Å². The molecule has 3 atom stereocenters. The molecule has 2 aromatic carbocycles. The van der Waals surface area contributed by atoms with Crippen LogP contribution in [0.5, 0.6) is 0 Å². The Labute approximate surface area is 260 Å². The topological polar surface area (TPSA) is 112 Å². The number of amides is 3. The molecule has 2 unspecified atom stereocenters. The standard InChI is InChI=1S/C35H44N4O5/c1-23(2)30-34(43)38(28(26-15-9-6-10-16-26)20-39(30)33(42)24(3)4)21-29(40)36-27(19-25-13-7-5-8-14-25)31(41)32-37-35(22-44-32)17-11-12-18-35/h5-10,13-16,20,23-24,27,30-31,41H,11-12,17-19,21-22H2,1-4H3,(H,36,40)/t27-,30?,31?/m0/s1. The van der Waals surface area contributed by atoms with Crippen molar-refractivity contribution in [2.24, 2.45) is 16.8 Å². The van der Waals surface area contributed by atoms with Crippen LogP contribution in [0.3, 0.4) is 0 Å². The van der Waals surface area contributed by atoms with Gasteiger partial charge >= 0.3 is 0 Å². The Morgan fingerprint density at radius 2 is 1.66 bits per heavy atom. The molecule has 2 aliphatic heterocycles. The van der Waals surface area contributed by atoms with Gasteiger partial charge in [-0.2, -0.15) is 0 Å². The third kappa shape index (κ3) is 6.73. The lowest BCUT2D eigenvalue weighted by Crippen LogP contribution is -2.58. The highest BCUT2D eigenvalue weighted by Crippen LogP contribution is 2.37. The Bertz CT molecular complexity index is 1400. The summed E-state index contributed by atoms with van der Waals surface area (Å²) in [7, 11) is 0. The normalized spacial score (nSPS) is 20.9. The first kappa shape index (κ1) is 31.4. The Kier molecular flexibility index (Phi) is 9.53. The van der Waals surface area contributed by atoms with Crippen LogP contribution in [0.15, 0.2) is 71.9 Å². The van der Waals surface area contributed by atoms with Crippen molar-refractivity contribution in [3.05, 3.63) is 78.0 Å². The summed E-state index contributed by atoms with van der Waals surface area (Å²) in [5, 5.41) is 14.5. The molecule has 44 heavy (non-hydrogen) atoms. The Hall–Kier alpha value is -3.98. The number of nitrogens with zero attached hydrogens (tertiary/aromatic N) is 3. The summed E-state index contributed by atoms with van der Waals surface area (Å²) in [5.74, 6) is -1.14. The zero-order chi connectivity index (χ0) is 31.4. The second kappa shape index (κ2) is 13.3. The molecule has 234 valence electrons. The van der Waals surface area contributed by atoms with E-state index < -0.39 is 24.1 Å². The van der Waals surface area contributed by atoms with Gasteiger partial charge in [-0.05, 0) is 36.3 Å². The lowest BCUT2D eigenvalue weighted by Gasteiger charge is -2.41. The molecule has 5 rings (SSSR count). The zero-order valence-corrected chi connectivity index (χ0v) is 26.1. The van der Waals surface area contributed by atoms with Crippen LogP contribution in [-0.2, 0) is 25.5 Å². The fraction of sp³-hybridized carbons (Fsp3) is 0.486. The third-order valence-corrected chi connectivity index (χ3v) is 8.77. The molecule has 0 radical (unpaired) electrons. The number of nitrogens with one attached hydrogen (secondary N) is 1. The molecule has 9 heteroatoms. The average Bonchev–Trinajstić information content (AvgIpc) is 3.66. The van der Waals surface area contributed by atoms with Crippen LogP contribution in [0.4, 0.5) is 0 Å². The quantitative estimate of drug-likeness (QED) is 0.425. The van der Waals surface area contributed by atoms with E-state index in [1.807, 2.05) is 88.4 Å². The van der Waals surface area contributed by atoms with Crippen LogP contribution in [0.1, 0.15) is 64.5 Å². The maximum absolute atomic E-state index is 14.1. The van der Waals surface area contributed by atoms with E-state index in [0.717, 1.165) is 31.2 Å². The van der Waals surface area contributed by atoms with Crippen LogP contribution >= 0.6 is 0 Å². The average molecular weight is 601 g/mol. The monoisotopic (exact) mass is 600 g/mol. The van der Waals surface area contributed by atoms with E-state index in [9.17, 15) is 19.5 Å². The second-order valence-electron chi connectivity index (χ2n) is 12.9. The largest absolute Gasteiger partial charge is 0.476 e. The molecule has 1 fully saturated rings. The molecule has 1 saturated carbocycles. The smallest absolute Gasteiger partial charge is 0.250 e. The SMILES string of the molecule is CC(C)C(=O)N1C=C(c2ccccc2)N(CC(=O)N[C@@H](Cc2ccccc2)C(O)C2=NC3(CCCC3)CO2)C(=O)C1C(C)C. The number of rotatable bonds is 10. The van der Waals surface area contributed by atoms with Gasteiger partial charge in [-0.3, -0.25) is 19.3 Å². The summed E-state index contributed by atoms with van der Waals surface area (Å²) < 4.78 is 5.93. The summed E-state index contributed by atoms with van der Waals surface area (Å²) in [6, 6.07) is 17.4. The maximum Gasteiger partial charge on any atom is 0.250 e. The van der Waals surface area contributed by atoms with Crippen molar-refractivity contribution < 1.29 is 24.2 Å². The van der Waals surface area contributed by atoms with E-state index in [1.165, 1.54) is 9.80 Å². The van der Waals surface area contributed by atoms with Gasteiger partial charge in [0.05, 0.1) is 17.3 Å². The lowest BCUT2D eigenvalue weighted by molar-refractivity contribution is -0.147. The highest BCUT2D eigenvalue weighted by Gasteiger charge is 2.44. The molecule has 2 heterocycles. The fourth-order valence-electron chi connectivity index (χ4n) is 6.41. The number of benzene rings is 2. The van der Waals surface area contributed by atoms with Gasteiger partial charge in [0.2, 0.25) is 17.7 Å². The highest BCUT2D eigenvalue weighted by molar-refractivity contribution is 6.00. The number of aliphatic hydroxyl groups excluding tert-OH is 1. The van der Waals surface area contributed by atoms with Crippen molar-refractivity contribution in [2.75, 3.05) is 13.2 Å². The molecule has 3 aliphatic rings. The minimum Gasteiger partial charge on any atom is -0.476 e. The molecule has 3 amide bonds. The van der Waals surface area contributed by atoms with Gasteiger partial charge in [-0.15, -0.1) is 0 Å². The van der Waals surface area contributed by atoms with Crippen LogP contribution < -0.4 is 5.32 Å². The molecule has 0 aromatic heterocycles. The van der Waals surface area contributed by atoms with Crippen LogP contribution in [0.2, 0.25) is 0 Å². The Morgan fingerprint density at radius 1 is 1.02 bits per heavy atom. The molecule has 2 aromatic rings. The van der Waals surface area contributed by atoms with Crippen molar-refractivity contribution in [2.45, 2.75) is 83.5 Å². The summed E-state index contributed by atoms with van der Waals surface area (Å²) >= 11 is 0. The van der Waals surface area contributed by atoms with Crippen molar-refractivity contribution in [3.63, 3.8) is 0 Å². The maximum atomic E-state index is 14.1. The predicted octanol–water partition coefficient (Wildman–Crippen LogP) is 4.17. The van der Waals surface area contributed by atoms with Gasteiger partial charge in [-0.25, -0.2) is 4.99 Å². The Morgan fingerprint density at radius 3 is 2.27 bits per heavy atom. The first-order valence-corrected chi connectivity index (χ1v) is 15.7. The van der Waals surface area contributed by atoms with Gasteiger partial charge in [0.15, 0.2) is 0 Å². The van der Waals surface area contributed by atoms with E-state index in [1.54, 1.807) is 6.20 Å². The number of carbonyl (C=O) groups excluding carboxylic acids is 3. The van der Waals surface area contributed by atoms with E-state index in [-0.39, 0.29) is 41.6 Å². The van der Waals surface area contributed by atoms with Gasteiger partial charge in [-0.1, -0.05) is 101 Å². The fourth-order valence-corrected chi connectivity index (χ4v) is 6.41. The summed E-state index contributed by atoms with van der Waals surface area (Å²) in [6.45, 7) is 7.59. The molecular formula is C35H44N4O5. The van der Waals surface area contributed by atoms with Crippen molar-refractivity contribution in [1.82, 2.24) is 15.1 Å². The number of aliphatic imine (C=N–C) groups is 1. The van der Waals surface area contributed by atoms with Gasteiger partial charge in [0.25, 0.3) is 5.91 Å². The number of hydrogen-bond donors (Lipinski definition) is 2. The molecule has 0 bridgehead atoms. The first-order chi connectivity index (χ1) is 21.1. The predicted molar refractivity (Wildman–Crippen MR) is 169 cm³/mol. The zero-order valence-electron chi connectivity index (χ0n) is 26.1. The van der Waals surface area contributed by atoms with E-state index in [0.29, 0.717) is 24.3 Å². The number of carbonyl (C=O) groups is 3. The molecule has 1 aliphatic carbocycles. The number of aliphatic hydroxyl groups is 1. The van der Waals surface area contributed by atoms with Crippen molar-refractivity contribution in [3.8, 4) is 0 Å². The van der Waals surface area contributed by atoms with Gasteiger partial charge in [0, 0.05) is 12.1 Å². The van der Waals surface area contributed by atoms with Crippen molar-refractivity contribution in [1.29, 1.82) is 0 Å². The molecule has 9 nitrogen and oxygen atoms in total. The minimum atomic E-state index is -1.15.